The number of ether oxygens (including phenoxy) is 1. The summed E-state index contributed by atoms with van der Waals surface area (Å²) in [5, 5.41) is 12.5. The Balaban J connectivity index is 1.26. The number of hydrogen-bond acceptors (Lipinski definition) is 8. The molecule has 7 rings (SSSR count). The molecule has 10 heteroatoms. The number of carbonyl (C=O) groups excluding carboxylic acids is 1. The summed E-state index contributed by atoms with van der Waals surface area (Å²) >= 11 is 6.73. The van der Waals surface area contributed by atoms with Gasteiger partial charge in [-0.1, -0.05) is 42.4 Å². The number of likely N-dealkylation sites (N-methyl/N-ethyl adjacent to an activating group) is 1. The maximum absolute atomic E-state index is 12.6. The Bertz CT molecular complexity index is 1650. The van der Waals surface area contributed by atoms with E-state index < -0.39 is 0 Å². The van der Waals surface area contributed by atoms with Crippen molar-refractivity contribution in [3.8, 4) is 12.1 Å². The predicted molar refractivity (Wildman–Crippen MR) is 172 cm³/mol. The minimum absolute atomic E-state index is 0.139. The van der Waals surface area contributed by atoms with Crippen molar-refractivity contribution in [2.75, 3.05) is 49.6 Å². The van der Waals surface area contributed by atoms with E-state index in [1.165, 1.54) is 12.5 Å². The van der Waals surface area contributed by atoms with E-state index in [0.29, 0.717) is 38.2 Å². The van der Waals surface area contributed by atoms with Gasteiger partial charge in [0, 0.05) is 48.9 Å². The second-order valence-corrected chi connectivity index (χ2v) is 13.0. The average molecular weight is 612 g/mol. The lowest BCUT2D eigenvalue weighted by atomic mass is 10.0. The standard InChI is InChI=1S/C34H38ClN7O2/c1-3-30(43)42-20-19-41(21-24(42)12-16-36)32-25-13-18-40(28-10-5-8-23-7-4-9-26(35)31(23)28)22-27(25)37-33(38-32)44-34(14-15-34)29-11-6-17-39(29)2/h3-5,7-10,24,29H,1,6,11-15,17-22H2,2H3. The van der Waals surface area contributed by atoms with Crippen LogP contribution in [0, 0.1) is 11.3 Å². The van der Waals surface area contributed by atoms with Crippen molar-refractivity contribution in [2.24, 2.45) is 0 Å². The molecule has 3 aliphatic heterocycles. The smallest absolute Gasteiger partial charge is 0.319 e. The fourth-order valence-corrected chi connectivity index (χ4v) is 7.84. The first-order valence-corrected chi connectivity index (χ1v) is 16.0. The molecule has 44 heavy (non-hydrogen) atoms. The summed E-state index contributed by atoms with van der Waals surface area (Å²) < 4.78 is 6.79. The number of halogens is 1. The van der Waals surface area contributed by atoms with Crippen LogP contribution in [0.5, 0.6) is 6.01 Å². The van der Waals surface area contributed by atoms with Crippen LogP contribution in [0.4, 0.5) is 11.5 Å². The Morgan fingerprint density at radius 1 is 1.16 bits per heavy atom. The number of piperazine rings is 1. The van der Waals surface area contributed by atoms with Gasteiger partial charge in [-0.3, -0.25) is 9.69 Å². The van der Waals surface area contributed by atoms with Crippen LogP contribution < -0.4 is 14.5 Å². The fourth-order valence-electron chi connectivity index (χ4n) is 7.56. The van der Waals surface area contributed by atoms with Crippen molar-refractivity contribution >= 4 is 39.8 Å². The first-order chi connectivity index (χ1) is 21.4. The Hall–Kier alpha value is -3.87. The van der Waals surface area contributed by atoms with Crippen LogP contribution in [0.2, 0.25) is 5.02 Å². The highest BCUT2D eigenvalue weighted by Gasteiger charge is 2.55. The Kier molecular flexibility index (Phi) is 7.59. The van der Waals surface area contributed by atoms with E-state index in [0.717, 1.165) is 77.3 Å². The van der Waals surface area contributed by atoms with Gasteiger partial charge in [-0.05, 0) is 69.3 Å². The summed E-state index contributed by atoms with van der Waals surface area (Å²) in [7, 11) is 2.19. The van der Waals surface area contributed by atoms with Crippen molar-refractivity contribution in [1.82, 2.24) is 19.8 Å². The quantitative estimate of drug-likeness (QED) is 0.346. The fraction of sp³-hybridized carbons (Fsp3) is 0.471. The van der Waals surface area contributed by atoms with Gasteiger partial charge in [0.25, 0.3) is 0 Å². The summed E-state index contributed by atoms with van der Waals surface area (Å²) in [6.45, 7) is 7.80. The molecule has 0 radical (unpaired) electrons. The molecule has 2 unspecified atom stereocenters. The Morgan fingerprint density at radius 2 is 1.98 bits per heavy atom. The number of nitrogens with zero attached hydrogens (tertiary/aromatic N) is 7. The number of anilines is 2. The van der Waals surface area contributed by atoms with Crippen molar-refractivity contribution in [3.05, 3.63) is 65.3 Å². The largest absolute Gasteiger partial charge is 0.455 e. The van der Waals surface area contributed by atoms with E-state index in [2.05, 4.69) is 58.7 Å². The average Bonchev–Trinajstić information content (AvgIpc) is 3.68. The molecule has 3 aromatic rings. The van der Waals surface area contributed by atoms with Crippen LogP contribution in [-0.2, 0) is 17.8 Å². The predicted octanol–water partition coefficient (Wildman–Crippen LogP) is 4.97. The monoisotopic (exact) mass is 611 g/mol. The molecular formula is C34H38ClN7O2. The summed E-state index contributed by atoms with van der Waals surface area (Å²) in [5.41, 5.74) is 2.92. The van der Waals surface area contributed by atoms with Gasteiger partial charge in [0.1, 0.15) is 11.4 Å². The molecule has 2 saturated heterocycles. The SMILES string of the molecule is C=CC(=O)N1CCN(c2nc(OC3(C4CCCN4C)CC3)nc3c2CCN(c2cccc4cccc(Cl)c24)C3)CC1CC#N. The van der Waals surface area contributed by atoms with Gasteiger partial charge in [-0.15, -0.1) is 0 Å². The molecule has 228 valence electrons. The number of rotatable bonds is 7. The lowest BCUT2D eigenvalue weighted by molar-refractivity contribution is -0.128. The number of benzene rings is 2. The number of hydrogen-bond donors (Lipinski definition) is 0. The van der Waals surface area contributed by atoms with E-state index >= 15 is 0 Å². The van der Waals surface area contributed by atoms with E-state index in [-0.39, 0.29) is 24.0 Å². The maximum Gasteiger partial charge on any atom is 0.319 e. The van der Waals surface area contributed by atoms with Crippen molar-refractivity contribution in [3.63, 3.8) is 0 Å². The highest BCUT2D eigenvalue weighted by Crippen LogP contribution is 2.48. The first kappa shape index (κ1) is 28.9. The summed E-state index contributed by atoms with van der Waals surface area (Å²) in [4.78, 5) is 31.6. The van der Waals surface area contributed by atoms with E-state index in [1.807, 2.05) is 12.1 Å². The molecule has 0 N–H and O–H groups in total. The molecule has 0 spiro atoms. The zero-order valence-electron chi connectivity index (χ0n) is 25.2. The maximum atomic E-state index is 12.6. The molecule has 1 aromatic heterocycles. The highest BCUT2D eigenvalue weighted by atomic mass is 35.5. The van der Waals surface area contributed by atoms with E-state index in [1.54, 1.807) is 4.90 Å². The van der Waals surface area contributed by atoms with Gasteiger partial charge in [0.05, 0.1) is 35.8 Å². The van der Waals surface area contributed by atoms with Gasteiger partial charge < -0.3 is 19.4 Å². The minimum atomic E-state index is -0.243. The van der Waals surface area contributed by atoms with Crippen molar-refractivity contribution in [1.29, 1.82) is 5.26 Å². The number of carbonyl (C=O) groups is 1. The topological polar surface area (TPSA) is 88.8 Å². The third-order valence-corrected chi connectivity index (χ3v) is 10.2. The van der Waals surface area contributed by atoms with Crippen molar-refractivity contribution < 1.29 is 9.53 Å². The van der Waals surface area contributed by atoms with Crippen LogP contribution in [0.1, 0.15) is 43.4 Å². The highest BCUT2D eigenvalue weighted by molar-refractivity contribution is 6.36. The Morgan fingerprint density at radius 3 is 2.70 bits per heavy atom. The number of fused-ring (bicyclic) bond motifs is 2. The van der Waals surface area contributed by atoms with Gasteiger partial charge in [0.15, 0.2) is 0 Å². The van der Waals surface area contributed by atoms with Crippen LogP contribution in [0.25, 0.3) is 10.8 Å². The number of amides is 1. The van der Waals surface area contributed by atoms with Crippen LogP contribution in [0.15, 0.2) is 49.1 Å². The zero-order valence-corrected chi connectivity index (χ0v) is 26.0. The number of nitriles is 1. The molecule has 1 saturated carbocycles. The summed E-state index contributed by atoms with van der Waals surface area (Å²) in [6, 6.07) is 15.2. The molecule has 4 aliphatic rings. The molecule has 3 fully saturated rings. The van der Waals surface area contributed by atoms with Crippen LogP contribution in [0.3, 0.4) is 0 Å². The molecule has 1 aliphatic carbocycles. The van der Waals surface area contributed by atoms with Gasteiger partial charge in [0.2, 0.25) is 5.91 Å². The minimum Gasteiger partial charge on any atom is -0.455 e. The van der Waals surface area contributed by atoms with Gasteiger partial charge in [-0.25, -0.2) is 0 Å². The molecule has 1 amide bonds. The van der Waals surface area contributed by atoms with E-state index in [9.17, 15) is 10.1 Å². The molecule has 2 atom stereocenters. The second kappa shape index (κ2) is 11.6. The normalized spacial score (nSPS) is 22.9. The van der Waals surface area contributed by atoms with E-state index in [4.69, 9.17) is 26.3 Å². The lowest BCUT2D eigenvalue weighted by Crippen LogP contribution is -2.55. The second-order valence-electron chi connectivity index (χ2n) is 12.5. The summed E-state index contributed by atoms with van der Waals surface area (Å²) in [5.74, 6) is 0.726. The van der Waals surface area contributed by atoms with Gasteiger partial charge >= 0.3 is 6.01 Å². The lowest BCUT2D eigenvalue weighted by Gasteiger charge is -2.42. The molecular weight excluding hydrogens is 574 g/mol. The molecule has 9 nitrogen and oxygen atoms in total. The van der Waals surface area contributed by atoms with Gasteiger partial charge in [-0.2, -0.15) is 15.2 Å². The molecule has 2 aromatic carbocycles. The summed E-state index contributed by atoms with van der Waals surface area (Å²) in [6.07, 6.45) is 6.66. The zero-order chi connectivity index (χ0) is 30.4. The molecule has 0 bridgehead atoms. The van der Waals surface area contributed by atoms with Crippen LogP contribution >= 0.6 is 11.6 Å². The Labute approximate surface area is 263 Å². The number of likely N-dealkylation sites (tertiary alicyclic amines) is 1. The van der Waals surface area contributed by atoms with Crippen LogP contribution in [-0.4, -0.2) is 83.1 Å². The number of aromatic nitrogens is 2. The molecule has 4 heterocycles. The third-order valence-electron chi connectivity index (χ3n) is 9.93. The third kappa shape index (κ3) is 5.14. The van der Waals surface area contributed by atoms with Crippen molar-refractivity contribution in [2.45, 2.75) is 62.8 Å². The first-order valence-electron chi connectivity index (χ1n) is 15.7.